The van der Waals surface area contributed by atoms with Gasteiger partial charge in [0.05, 0.1) is 0 Å². The van der Waals surface area contributed by atoms with E-state index in [1.54, 1.807) is 0 Å². The van der Waals surface area contributed by atoms with E-state index in [0.29, 0.717) is 11.5 Å². The maximum absolute atomic E-state index is 6.63. The van der Waals surface area contributed by atoms with Crippen LogP contribution in [0.1, 0.15) is 79.0 Å². The van der Waals surface area contributed by atoms with Crippen LogP contribution in [-0.4, -0.2) is 9.55 Å². The van der Waals surface area contributed by atoms with Crippen LogP contribution in [0, 0.1) is 18.8 Å². The smallest absolute Gasteiger partial charge is 0.135 e. The Morgan fingerprint density at radius 1 is 0.620 bits per heavy atom. The number of benzene rings is 4. The number of fused-ring (bicyclic) bond motifs is 3. The third kappa shape index (κ3) is 6.98. The zero-order valence-corrected chi connectivity index (χ0v) is 32.7. The summed E-state index contributed by atoms with van der Waals surface area (Å²) in [6, 6.07) is 37.1. The van der Waals surface area contributed by atoms with Crippen LogP contribution in [0.2, 0.25) is 0 Å². The van der Waals surface area contributed by atoms with Crippen molar-refractivity contribution < 1.29 is 25.8 Å². The van der Waals surface area contributed by atoms with E-state index in [1.807, 2.05) is 12.3 Å². The van der Waals surface area contributed by atoms with Crippen LogP contribution in [0.4, 0.5) is 11.4 Å². The molecule has 7 rings (SSSR count). The van der Waals surface area contributed by atoms with Crippen molar-refractivity contribution in [2.45, 2.75) is 78.6 Å². The average molecular weight is 841 g/mol. The van der Waals surface area contributed by atoms with Crippen LogP contribution in [0.15, 0.2) is 104 Å². The van der Waals surface area contributed by atoms with E-state index in [0.717, 1.165) is 44.6 Å². The van der Waals surface area contributed by atoms with Crippen LogP contribution in [0.3, 0.4) is 0 Å². The molecule has 1 aliphatic rings. The molecule has 0 aliphatic carbocycles. The first-order valence-corrected chi connectivity index (χ1v) is 17.0. The van der Waals surface area contributed by atoms with Crippen molar-refractivity contribution in [3.8, 4) is 17.3 Å². The van der Waals surface area contributed by atoms with Gasteiger partial charge in [0.2, 0.25) is 0 Å². The van der Waals surface area contributed by atoms with Gasteiger partial charge in [0, 0.05) is 50.0 Å². The Bertz CT molecular complexity index is 2210. The maximum atomic E-state index is 6.63. The van der Waals surface area contributed by atoms with Crippen LogP contribution < -0.4 is 14.5 Å². The van der Waals surface area contributed by atoms with E-state index in [1.165, 1.54) is 11.1 Å². The molecule has 0 radical (unpaired) electrons. The standard InChI is InChI=1S/C44H45N4O.Pt/c1-42(2,3)30-13-12-14-33(23-30)46-21-22-47(29-46)34-24-32(44(7,8)9)25-36(27-34)49-35-17-18-38-37-15-10-11-16-39(37)48(40(38)28-35)41-26-31(19-20-45-41)43(4,5)6;/h10-26,29H,1-9H3;/q-3;. The summed E-state index contributed by atoms with van der Waals surface area (Å²) in [5.74, 6) is 2.13. The number of anilines is 2. The fourth-order valence-corrected chi connectivity index (χ4v) is 6.24. The predicted molar refractivity (Wildman–Crippen MR) is 204 cm³/mol. The molecular formula is C44H45N4OPt-3. The first kappa shape index (κ1) is 35.5. The van der Waals surface area contributed by atoms with Gasteiger partial charge in [0.1, 0.15) is 5.82 Å². The second-order valence-electron chi connectivity index (χ2n) is 16.1. The molecule has 0 bridgehead atoms. The number of hydrogen-bond donors (Lipinski definition) is 0. The van der Waals surface area contributed by atoms with E-state index >= 15 is 0 Å². The molecule has 2 aromatic heterocycles. The predicted octanol–water partition coefficient (Wildman–Crippen LogP) is 11.4. The van der Waals surface area contributed by atoms with E-state index in [4.69, 9.17) is 9.72 Å². The van der Waals surface area contributed by atoms with Gasteiger partial charge in [-0.05, 0) is 75.5 Å². The fourth-order valence-electron chi connectivity index (χ4n) is 6.24. The van der Waals surface area contributed by atoms with Gasteiger partial charge < -0.3 is 19.1 Å². The zero-order chi connectivity index (χ0) is 34.7. The van der Waals surface area contributed by atoms with E-state index in [2.05, 4.69) is 187 Å². The molecule has 0 spiro atoms. The van der Waals surface area contributed by atoms with Gasteiger partial charge in [-0.25, -0.2) is 4.98 Å². The number of hydrogen-bond acceptors (Lipinski definition) is 4. The summed E-state index contributed by atoms with van der Waals surface area (Å²) >= 11 is 0. The monoisotopic (exact) mass is 840 g/mol. The minimum atomic E-state index is -0.101. The Kier molecular flexibility index (Phi) is 9.29. The van der Waals surface area contributed by atoms with E-state index in [-0.39, 0.29) is 37.3 Å². The van der Waals surface area contributed by atoms with Crippen molar-refractivity contribution in [3.63, 3.8) is 0 Å². The van der Waals surface area contributed by atoms with Crippen molar-refractivity contribution in [1.29, 1.82) is 0 Å². The number of para-hydroxylation sites is 1. The maximum Gasteiger partial charge on any atom is 0.135 e. The summed E-state index contributed by atoms with van der Waals surface area (Å²) in [6.07, 6.45) is 6.06. The van der Waals surface area contributed by atoms with Crippen LogP contribution >= 0.6 is 0 Å². The molecule has 6 heteroatoms. The van der Waals surface area contributed by atoms with Gasteiger partial charge in [-0.2, -0.15) is 6.07 Å². The molecule has 5 nitrogen and oxygen atoms in total. The van der Waals surface area contributed by atoms with Crippen molar-refractivity contribution in [2.75, 3.05) is 9.80 Å². The topological polar surface area (TPSA) is 33.5 Å². The Labute approximate surface area is 311 Å². The van der Waals surface area contributed by atoms with Crippen molar-refractivity contribution in [3.05, 3.63) is 139 Å². The number of ether oxygens (including phenoxy) is 1. The van der Waals surface area contributed by atoms with Gasteiger partial charge in [0.15, 0.2) is 0 Å². The molecule has 3 heterocycles. The molecule has 50 heavy (non-hydrogen) atoms. The SMILES string of the molecule is CC(C)(C)c1cc(Oc2[c-]c3c(cc2)c2ccccc2n3-c2cc(C(C)(C)C)ccn2)[c-]c(N2C=CN(c3cccc(C(C)(C)C)c3)[CH-]2)c1.[Pt]. The Morgan fingerprint density at radius 3 is 2.06 bits per heavy atom. The molecule has 0 atom stereocenters. The summed E-state index contributed by atoms with van der Waals surface area (Å²) in [4.78, 5) is 9.08. The van der Waals surface area contributed by atoms with Crippen molar-refractivity contribution >= 4 is 33.2 Å². The number of nitrogens with zero attached hydrogens (tertiary/aromatic N) is 4. The summed E-state index contributed by atoms with van der Waals surface area (Å²) < 4.78 is 8.82. The number of rotatable bonds is 5. The molecule has 0 unspecified atom stereocenters. The van der Waals surface area contributed by atoms with Crippen LogP contribution in [-0.2, 0) is 37.3 Å². The molecular weight excluding hydrogens is 796 g/mol. The van der Waals surface area contributed by atoms with Crippen molar-refractivity contribution in [1.82, 2.24) is 9.55 Å². The molecule has 6 aromatic rings. The van der Waals surface area contributed by atoms with Gasteiger partial charge in [-0.3, -0.25) is 0 Å². The second kappa shape index (κ2) is 13.1. The minimum absolute atomic E-state index is 0. The van der Waals surface area contributed by atoms with Crippen LogP contribution in [0.5, 0.6) is 11.5 Å². The van der Waals surface area contributed by atoms with Gasteiger partial charge in [0.25, 0.3) is 0 Å². The summed E-state index contributed by atoms with van der Waals surface area (Å²) in [5, 5.41) is 2.26. The largest absolute Gasteiger partial charge is 0.509 e. The Morgan fingerprint density at radius 2 is 1.32 bits per heavy atom. The van der Waals surface area contributed by atoms with Gasteiger partial charge >= 0.3 is 0 Å². The minimum Gasteiger partial charge on any atom is -0.509 e. The molecule has 0 amide bonds. The molecule has 1 aliphatic heterocycles. The molecule has 0 saturated carbocycles. The quantitative estimate of drug-likeness (QED) is 0.162. The normalized spacial score (nSPS) is 13.7. The van der Waals surface area contributed by atoms with Gasteiger partial charge in [-0.15, -0.1) is 53.6 Å². The van der Waals surface area contributed by atoms with Crippen LogP contribution in [0.25, 0.3) is 27.6 Å². The molecule has 4 aromatic carbocycles. The number of pyridine rings is 1. The molecule has 0 saturated heterocycles. The van der Waals surface area contributed by atoms with Crippen molar-refractivity contribution in [2.24, 2.45) is 0 Å². The summed E-state index contributed by atoms with van der Waals surface area (Å²) in [7, 11) is 0. The molecule has 260 valence electrons. The van der Waals surface area contributed by atoms with E-state index in [9.17, 15) is 0 Å². The third-order valence-corrected chi connectivity index (χ3v) is 9.24. The zero-order valence-electron chi connectivity index (χ0n) is 30.4. The average Bonchev–Trinajstić information content (AvgIpc) is 3.67. The first-order chi connectivity index (χ1) is 23.1. The first-order valence-electron chi connectivity index (χ1n) is 17.0. The Balaban J connectivity index is 0.00000432. The van der Waals surface area contributed by atoms with E-state index < -0.39 is 0 Å². The Hall–Kier alpha value is -4.34. The second-order valence-corrected chi connectivity index (χ2v) is 16.1. The fraction of sp³-hybridized carbons (Fsp3) is 0.273. The molecule has 0 N–H and O–H groups in total. The third-order valence-electron chi connectivity index (χ3n) is 9.24. The summed E-state index contributed by atoms with van der Waals surface area (Å²) in [5.41, 5.74) is 7.69. The summed E-state index contributed by atoms with van der Waals surface area (Å²) in [6.45, 7) is 22.2. The molecule has 0 fully saturated rings. The number of aromatic nitrogens is 2. The van der Waals surface area contributed by atoms with Gasteiger partial charge in [-0.1, -0.05) is 98.2 Å².